The fraction of sp³-hybridized carbons (Fsp3) is 0.600. The minimum atomic E-state index is -0.140. The van der Waals surface area contributed by atoms with Crippen LogP contribution in [-0.2, 0) is 11.3 Å². The Morgan fingerprint density at radius 3 is 3.06 bits per heavy atom. The van der Waals surface area contributed by atoms with Gasteiger partial charge >= 0.3 is 0 Å². The fourth-order valence-corrected chi connectivity index (χ4v) is 1.24. The van der Waals surface area contributed by atoms with Crippen LogP contribution in [0.3, 0.4) is 0 Å². The van der Waals surface area contributed by atoms with E-state index in [2.05, 4.69) is 10.5 Å². The first-order valence-corrected chi connectivity index (χ1v) is 5.41. The summed E-state index contributed by atoms with van der Waals surface area (Å²) in [5.41, 5.74) is 2.09. The van der Waals surface area contributed by atoms with E-state index in [1.54, 1.807) is 10.9 Å². The standard InChI is InChI=1S/C10H18N4O2/c1-2-14-8-9(7-12-14)16-6-4-3-5-10(15)13-11/h7-8H,2-6,11H2,1H3,(H,13,15). The van der Waals surface area contributed by atoms with Crippen LogP contribution in [0, 0.1) is 0 Å². The number of carbonyl (C=O) groups is 1. The molecule has 0 aliphatic heterocycles. The number of nitrogens with zero attached hydrogens (tertiary/aromatic N) is 2. The largest absolute Gasteiger partial charge is 0.490 e. The topological polar surface area (TPSA) is 82.2 Å². The molecule has 3 N–H and O–H groups in total. The van der Waals surface area contributed by atoms with Gasteiger partial charge in [0.15, 0.2) is 5.75 Å². The van der Waals surface area contributed by atoms with Crippen molar-refractivity contribution in [3.8, 4) is 5.75 Å². The molecule has 6 nitrogen and oxygen atoms in total. The number of amides is 1. The van der Waals surface area contributed by atoms with Crippen LogP contribution in [-0.4, -0.2) is 22.3 Å². The van der Waals surface area contributed by atoms with Crippen molar-refractivity contribution in [3.05, 3.63) is 12.4 Å². The van der Waals surface area contributed by atoms with Crippen molar-refractivity contribution in [2.75, 3.05) is 6.61 Å². The molecule has 0 atom stereocenters. The molecule has 0 fully saturated rings. The van der Waals surface area contributed by atoms with Gasteiger partial charge in [-0.15, -0.1) is 0 Å². The molecule has 0 bridgehead atoms. The summed E-state index contributed by atoms with van der Waals surface area (Å²) in [5, 5.41) is 4.09. The maximum absolute atomic E-state index is 10.8. The van der Waals surface area contributed by atoms with Crippen LogP contribution in [0.5, 0.6) is 5.75 Å². The number of hydrazine groups is 1. The molecule has 1 aromatic rings. The van der Waals surface area contributed by atoms with E-state index in [0.29, 0.717) is 13.0 Å². The summed E-state index contributed by atoms with van der Waals surface area (Å²) in [6, 6.07) is 0. The summed E-state index contributed by atoms with van der Waals surface area (Å²) in [7, 11) is 0. The second-order valence-electron chi connectivity index (χ2n) is 3.40. The van der Waals surface area contributed by atoms with Crippen LogP contribution < -0.4 is 16.0 Å². The number of hydrogen-bond donors (Lipinski definition) is 2. The Kier molecular flexibility index (Phi) is 5.35. The lowest BCUT2D eigenvalue weighted by Crippen LogP contribution is -2.29. The number of hydrogen-bond acceptors (Lipinski definition) is 4. The van der Waals surface area contributed by atoms with Gasteiger partial charge in [-0.25, -0.2) is 5.84 Å². The van der Waals surface area contributed by atoms with Gasteiger partial charge < -0.3 is 4.74 Å². The normalized spacial score (nSPS) is 10.1. The lowest BCUT2D eigenvalue weighted by atomic mass is 10.2. The highest BCUT2D eigenvalue weighted by Crippen LogP contribution is 2.08. The van der Waals surface area contributed by atoms with Gasteiger partial charge in [-0.05, 0) is 19.8 Å². The molecule has 1 rings (SSSR count). The Balaban J connectivity index is 2.09. The summed E-state index contributed by atoms with van der Waals surface area (Å²) < 4.78 is 7.26. The number of unbranched alkanes of at least 4 members (excludes halogenated alkanes) is 1. The van der Waals surface area contributed by atoms with Crippen molar-refractivity contribution in [1.82, 2.24) is 15.2 Å². The second-order valence-corrected chi connectivity index (χ2v) is 3.40. The minimum Gasteiger partial charge on any atom is -0.490 e. The van der Waals surface area contributed by atoms with E-state index < -0.39 is 0 Å². The van der Waals surface area contributed by atoms with E-state index >= 15 is 0 Å². The Hall–Kier alpha value is -1.56. The van der Waals surface area contributed by atoms with Gasteiger partial charge in [-0.3, -0.25) is 14.9 Å². The molecular formula is C10H18N4O2. The zero-order chi connectivity index (χ0) is 11.8. The molecule has 0 unspecified atom stereocenters. The molecule has 0 aliphatic rings. The van der Waals surface area contributed by atoms with Crippen molar-refractivity contribution in [1.29, 1.82) is 0 Å². The molecule has 0 aliphatic carbocycles. The van der Waals surface area contributed by atoms with Gasteiger partial charge in [0, 0.05) is 13.0 Å². The third kappa shape index (κ3) is 4.31. The zero-order valence-electron chi connectivity index (χ0n) is 9.48. The Morgan fingerprint density at radius 2 is 2.44 bits per heavy atom. The third-order valence-electron chi connectivity index (χ3n) is 2.16. The average Bonchev–Trinajstić information content (AvgIpc) is 2.76. The molecular weight excluding hydrogens is 208 g/mol. The smallest absolute Gasteiger partial charge is 0.233 e. The average molecular weight is 226 g/mol. The van der Waals surface area contributed by atoms with Crippen LogP contribution in [0.4, 0.5) is 0 Å². The van der Waals surface area contributed by atoms with Crippen LogP contribution in [0.2, 0.25) is 0 Å². The van der Waals surface area contributed by atoms with Crippen molar-refractivity contribution in [2.45, 2.75) is 32.7 Å². The fourth-order valence-electron chi connectivity index (χ4n) is 1.24. The SMILES string of the molecule is CCn1cc(OCCCCC(=O)NN)cn1. The van der Waals surface area contributed by atoms with E-state index in [1.165, 1.54) is 0 Å². The molecule has 1 aromatic heterocycles. The van der Waals surface area contributed by atoms with Gasteiger partial charge in [0.2, 0.25) is 5.91 Å². The number of aromatic nitrogens is 2. The molecule has 0 aromatic carbocycles. The van der Waals surface area contributed by atoms with E-state index in [0.717, 1.165) is 25.1 Å². The van der Waals surface area contributed by atoms with Crippen LogP contribution in [0.15, 0.2) is 12.4 Å². The highest BCUT2D eigenvalue weighted by Gasteiger charge is 2.00. The molecule has 0 spiro atoms. The number of aryl methyl sites for hydroxylation is 1. The van der Waals surface area contributed by atoms with Gasteiger partial charge in [0.1, 0.15) is 0 Å². The number of nitrogens with one attached hydrogen (secondary N) is 1. The zero-order valence-corrected chi connectivity index (χ0v) is 9.48. The Morgan fingerprint density at radius 1 is 1.62 bits per heavy atom. The Labute approximate surface area is 94.7 Å². The number of nitrogens with two attached hydrogens (primary N) is 1. The van der Waals surface area contributed by atoms with Crippen molar-refractivity contribution in [3.63, 3.8) is 0 Å². The van der Waals surface area contributed by atoms with E-state index in [9.17, 15) is 4.79 Å². The molecule has 6 heteroatoms. The van der Waals surface area contributed by atoms with Gasteiger partial charge in [0.05, 0.1) is 19.0 Å². The maximum atomic E-state index is 10.8. The first-order chi connectivity index (χ1) is 7.76. The van der Waals surface area contributed by atoms with Gasteiger partial charge in [-0.1, -0.05) is 0 Å². The third-order valence-corrected chi connectivity index (χ3v) is 2.16. The summed E-state index contributed by atoms with van der Waals surface area (Å²) >= 11 is 0. The quantitative estimate of drug-likeness (QED) is 0.306. The molecule has 0 saturated heterocycles. The first-order valence-electron chi connectivity index (χ1n) is 5.41. The molecule has 0 radical (unpaired) electrons. The molecule has 0 saturated carbocycles. The highest BCUT2D eigenvalue weighted by molar-refractivity contribution is 5.74. The summed E-state index contributed by atoms with van der Waals surface area (Å²) in [5.74, 6) is 5.58. The summed E-state index contributed by atoms with van der Waals surface area (Å²) in [6.07, 6.45) is 5.58. The van der Waals surface area contributed by atoms with E-state index in [-0.39, 0.29) is 5.91 Å². The predicted molar refractivity (Wildman–Crippen MR) is 59.6 cm³/mol. The molecule has 1 amide bonds. The van der Waals surface area contributed by atoms with Crippen LogP contribution in [0.1, 0.15) is 26.2 Å². The highest BCUT2D eigenvalue weighted by atomic mass is 16.5. The minimum absolute atomic E-state index is 0.140. The van der Waals surface area contributed by atoms with Crippen LogP contribution in [0.25, 0.3) is 0 Å². The van der Waals surface area contributed by atoms with Crippen molar-refractivity contribution in [2.24, 2.45) is 5.84 Å². The van der Waals surface area contributed by atoms with Crippen molar-refractivity contribution < 1.29 is 9.53 Å². The monoisotopic (exact) mass is 226 g/mol. The number of rotatable bonds is 7. The molecule has 90 valence electrons. The maximum Gasteiger partial charge on any atom is 0.233 e. The summed E-state index contributed by atoms with van der Waals surface area (Å²) in [6.45, 7) is 3.44. The second kappa shape index (κ2) is 6.84. The predicted octanol–water partition coefficient (Wildman–Crippen LogP) is 0.442. The van der Waals surface area contributed by atoms with Crippen molar-refractivity contribution >= 4 is 5.91 Å². The number of carbonyl (C=O) groups excluding carboxylic acids is 1. The van der Waals surface area contributed by atoms with Gasteiger partial charge in [0.25, 0.3) is 0 Å². The molecule has 1 heterocycles. The van der Waals surface area contributed by atoms with Crippen LogP contribution >= 0.6 is 0 Å². The summed E-state index contributed by atoms with van der Waals surface area (Å²) in [4.78, 5) is 10.8. The first kappa shape index (κ1) is 12.5. The van der Waals surface area contributed by atoms with Gasteiger partial charge in [-0.2, -0.15) is 5.10 Å². The van der Waals surface area contributed by atoms with E-state index in [1.807, 2.05) is 13.1 Å². The molecule has 16 heavy (non-hydrogen) atoms. The Bertz CT molecular complexity index is 324. The van der Waals surface area contributed by atoms with E-state index in [4.69, 9.17) is 10.6 Å². The lowest BCUT2D eigenvalue weighted by Gasteiger charge is -2.02. The number of ether oxygens (including phenoxy) is 1. The lowest BCUT2D eigenvalue weighted by molar-refractivity contribution is -0.121.